The molecule has 1 N–H and O–H groups in total. The van der Waals surface area contributed by atoms with Crippen LogP contribution in [-0.4, -0.2) is 31.1 Å². The fourth-order valence-electron chi connectivity index (χ4n) is 1.84. The first-order chi connectivity index (χ1) is 10.5. The molecule has 1 aromatic carbocycles. The van der Waals surface area contributed by atoms with Crippen molar-refractivity contribution in [2.75, 3.05) is 13.7 Å². The van der Waals surface area contributed by atoms with Crippen LogP contribution in [-0.2, 0) is 9.53 Å². The predicted molar refractivity (Wildman–Crippen MR) is 78.5 cm³/mol. The number of methoxy groups -OCH3 is 1. The van der Waals surface area contributed by atoms with Gasteiger partial charge in [0.1, 0.15) is 12.4 Å². The molecule has 0 fully saturated rings. The van der Waals surface area contributed by atoms with Crippen LogP contribution in [0.25, 0.3) is 0 Å². The third-order valence-corrected chi connectivity index (χ3v) is 3.04. The van der Waals surface area contributed by atoms with Crippen LogP contribution in [0.15, 0.2) is 53.1 Å². The summed E-state index contributed by atoms with van der Waals surface area (Å²) in [7, 11) is 1.25. The summed E-state index contributed by atoms with van der Waals surface area (Å²) in [6, 6.07) is 12.1. The minimum Gasteiger partial charge on any atom is -0.491 e. The first-order valence-electron chi connectivity index (χ1n) is 6.67. The third kappa shape index (κ3) is 3.66. The number of hydrogen-bond acceptors (Lipinski definition) is 5. The average Bonchev–Trinajstić information content (AvgIpc) is 3.08. The monoisotopic (exact) mass is 303 g/mol. The zero-order valence-electron chi connectivity index (χ0n) is 12.4. The van der Waals surface area contributed by atoms with Crippen molar-refractivity contribution < 1.29 is 23.5 Å². The van der Waals surface area contributed by atoms with Gasteiger partial charge >= 0.3 is 5.97 Å². The number of hydrogen-bond donors (Lipinski definition) is 1. The number of carbonyl (C=O) groups is 2. The number of rotatable bonds is 6. The summed E-state index contributed by atoms with van der Waals surface area (Å²) in [6.45, 7) is 1.46. The lowest BCUT2D eigenvalue weighted by Gasteiger charge is -2.27. The summed E-state index contributed by atoms with van der Waals surface area (Å²) >= 11 is 0. The Kier molecular flexibility index (Phi) is 4.83. The molecule has 0 bridgehead atoms. The van der Waals surface area contributed by atoms with Gasteiger partial charge in [0.2, 0.25) is 0 Å². The van der Waals surface area contributed by atoms with Crippen LogP contribution in [0.2, 0.25) is 0 Å². The average molecular weight is 303 g/mol. The number of esters is 1. The normalized spacial score (nSPS) is 13.0. The lowest BCUT2D eigenvalue weighted by molar-refractivity contribution is -0.148. The molecule has 1 unspecified atom stereocenters. The van der Waals surface area contributed by atoms with Crippen LogP contribution in [0.3, 0.4) is 0 Å². The smallest absolute Gasteiger partial charge is 0.334 e. The second-order valence-corrected chi connectivity index (χ2v) is 4.86. The van der Waals surface area contributed by atoms with E-state index >= 15 is 0 Å². The van der Waals surface area contributed by atoms with Gasteiger partial charge < -0.3 is 19.2 Å². The maximum absolute atomic E-state index is 12.1. The predicted octanol–water partition coefficient (Wildman–Crippen LogP) is 2.02. The van der Waals surface area contributed by atoms with E-state index in [1.165, 1.54) is 26.4 Å². The van der Waals surface area contributed by atoms with Gasteiger partial charge in [-0.15, -0.1) is 0 Å². The van der Waals surface area contributed by atoms with E-state index in [0.29, 0.717) is 5.75 Å². The molecule has 22 heavy (non-hydrogen) atoms. The van der Waals surface area contributed by atoms with Gasteiger partial charge in [0.15, 0.2) is 11.3 Å². The zero-order valence-corrected chi connectivity index (χ0v) is 12.4. The highest BCUT2D eigenvalue weighted by Gasteiger charge is 2.38. The minimum atomic E-state index is -1.34. The van der Waals surface area contributed by atoms with Gasteiger partial charge in [-0.25, -0.2) is 4.79 Å². The Labute approximate surface area is 128 Å². The second kappa shape index (κ2) is 6.80. The number of benzene rings is 1. The molecule has 0 radical (unpaired) electrons. The Morgan fingerprint density at radius 1 is 1.18 bits per heavy atom. The van der Waals surface area contributed by atoms with Gasteiger partial charge in [-0.2, -0.15) is 0 Å². The van der Waals surface area contributed by atoms with Crippen molar-refractivity contribution in [3.63, 3.8) is 0 Å². The molecule has 116 valence electrons. The molecule has 1 amide bonds. The van der Waals surface area contributed by atoms with Crippen molar-refractivity contribution >= 4 is 11.9 Å². The fraction of sp³-hybridized carbons (Fsp3) is 0.250. The van der Waals surface area contributed by atoms with E-state index in [4.69, 9.17) is 13.9 Å². The van der Waals surface area contributed by atoms with Crippen molar-refractivity contribution in [1.82, 2.24) is 5.32 Å². The largest absolute Gasteiger partial charge is 0.491 e. The molecule has 6 heteroatoms. The van der Waals surface area contributed by atoms with E-state index in [0.717, 1.165) is 0 Å². The van der Waals surface area contributed by atoms with Crippen molar-refractivity contribution in [3.05, 3.63) is 54.5 Å². The van der Waals surface area contributed by atoms with Crippen LogP contribution in [0.5, 0.6) is 5.75 Å². The molecule has 0 saturated carbocycles. The van der Waals surface area contributed by atoms with E-state index in [9.17, 15) is 9.59 Å². The highest BCUT2D eigenvalue weighted by atomic mass is 16.5. The lowest BCUT2D eigenvalue weighted by Crippen LogP contribution is -2.56. The number of carbonyl (C=O) groups excluding carboxylic acids is 2. The van der Waals surface area contributed by atoms with Crippen LogP contribution in [0.1, 0.15) is 17.5 Å². The molecular weight excluding hydrogens is 286 g/mol. The lowest BCUT2D eigenvalue weighted by atomic mass is 10.0. The molecule has 0 aliphatic rings. The minimum absolute atomic E-state index is 0.0733. The maximum atomic E-state index is 12.1. The molecule has 1 atom stereocenters. The summed E-state index contributed by atoms with van der Waals surface area (Å²) in [4.78, 5) is 24.1. The SMILES string of the molecule is COC(=O)C(C)(COc1ccccc1)NC(=O)c1ccco1. The zero-order chi connectivity index (χ0) is 16.0. The van der Waals surface area contributed by atoms with Gasteiger partial charge in [-0.05, 0) is 31.2 Å². The van der Waals surface area contributed by atoms with Gasteiger partial charge in [-0.3, -0.25) is 4.79 Å². The quantitative estimate of drug-likeness (QED) is 0.826. The Morgan fingerprint density at radius 3 is 2.50 bits per heavy atom. The number of nitrogens with one attached hydrogen (secondary N) is 1. The van der Waals surface area contributed by atoms with Crippen LogP contribution < -0.4 is 10.1 Å². The van der Waals surface area contributed by atoms with E-state index < -0.39 is 17.4 Å². The molecular formula is C16H17NO5. The van der Waals surface area contributed by atoms with Crippen LogP contribution >= 0.6 is 0 Å². The molecule has 1 heterocycles. The number of amides is 1. The number of furan rings is 1. The van der Waals surface area contributed by atoms with Gasteiger partial charge in [-0.1, -0.05) is 18.2 Å². The van der Waals surface area contributed by atoms with Gasteiger partial charge in [0, 0.05) is 0 Å². The highest BCUT2D eigenvalue weighted by molar-refractivity contribution is 5.96. The van der Waals surface area contributed by atoms with E-state index in [1.807, 2.05) is 18.2 Å². The molecule has 2 rings (SSSR count). The second-order valence-electron chi connectivity index (χ2n) is 4.86. The molecule has 1 aromatic heterocycles. The Bertz CT molecular complexity index is 623. The maximum Gasteiger partial charge on any atom is 0.334 e. The molecule has 0 aliphatic carbocycles. The van der Waals surface area contributed by atoms with Crippen LogP contribution in [0.4, 0.5) is 0 Å². The van der Waals surface area contributed by atoms with Crippen molar-refractivity contribution in [1.29, 1.82) is 0 Å². The van der Waals surface area contributed by atoms with Crippen molar-refractivity contribution in [3.8, 4) is 5.75 Å². The number of para-hydroxylation sites is 1. The Balaban J connectivity index is 2.10. The Morgan fingerprint density at radius 2 is 1.91 bits per heavy atom. The summed E-state index contributed by atoms with van der Waals surface area (Å²) in [5.41, 5.74) is -1.34. The number of ether oxygens (including phenoxy) is 2. The summed E-state index contributed by atoms with van der Waals surface area (Å²) in [5, 5.41) is 2.58. The van der Waals surface area contributed by atoms with Crippen molar-refractivity contribution in [2.24, 2.45) is 0 Å². The first-order valence-corrected chi connectivity index (χ1v) is 6.67. The van der Waals surface area contributed by atoms with Crippen LogP contribution in [0, 0.1) is 0 Å². The highest BCUT2D eigenvalue weighted by Crippen LogP contribution is 2.14. The van der Waals surface area contributed by atoms with E-state index in [1.54, 1.807) is 18.2 Å². The summed E-state index contributed by atoms with van der Waals surface area (Å²) < 4.78 is 15.3. The molecule has 2 aromatic rings. The van der Waals surface area contributed by atoms with Crippen molar-refractivity contribution in [2.45, 2.75) is 12.5 Å². The van der Waals surface area contributed by atoms with Gasteiger partial charge in [0.25, 0.3) is 5.91 Å². The van der Waals surface area contributed by atoms with E-state index in [2.05, 4.69) is 5.32 Å². The van der Waals surface area contributed by atoms with Gasteiger partial charge in [0.05, 0.1) is 13.4 Å². The first kappa shape index (κ1) is 15.6. The summed E-state index contributed by atoms with van der Waals surface area (Å²) in [6.07, 6.45) is 1.38. The molecule has 0 spiro atoms. The molecule has 0 aliphatic heterocycles. The standard InChI is InChI=1S/C16H17NO5/c1-16(15(19)20-2,11-22-12-7-4-3-5-8-12)17-14(18)13-9-6-10-21-13/h3-10H,11H2,1-2H3,(H,17,18). The third-order valence-electron chi connectivity index (χ3n) is 3.04. The molecule has 0 saturated heterocycles. The summed E-state index contributed by atoms with van der Waals surface area (Å²) in [5.74, 6) is -0.433. The topological polar surface area (TPSA) is 77.8 Å². The Hall–Kier alpha value is -2.76. The molecule has 6 nitrogen and oxygen atoms in total. The van der Waals surface area contributed by atoms with E-state index in [-0.39, 0.29) is 12.4 Å². The fourth-order valence-corrected chi connectivity index (χ4v) is 1.84.